The number of carbonyl (C=O) groups is 1. The number of methoxy groups -OCH3 is 1. The summed E-state index contributed by atoms with van der Waals surface area (Å²) < 4.78 is 11.7. The number of nitrogens with zero attached hydrogens (tertiary/aromatic N) is 6. The summed E-state index contributed by atoms with van der Waals surface area (Å²) >= 11 is 0. The minimum atomic E-state index is -0.178. The molecule has 0 saturated heterocycles. The lowest BCUT2D eigenvalue weighted by molar-refractivity contribution is 0.0769. The van der Waals surface area contributed by atoms with Crippen molar-refractivity contribution in [1.29, 1.82) is 0 Å². The molecule has 3 rings (SSSR count). The molecule has 2 heterocycles. The molecule has 0 aliphatic heterocycles. The van der Waals surface area contributed by atoms with Gasteiger partial charge in [0.1, 0.15) is 12.7 Å². The highest BCUT2D eigenvalue weighted by atomic mass is 16.5. The summed E-state index contributed by atoms with van der Waals surface area (Å²) in [5.41, 5.74) is 1.16. The summed E-state index contributed by atoms with van der Waals surface area (Å²) in [6, 6.07) is 7.20. The van der Waals surface area contributed by atoms with E-state index in [4.69, 9.17) is 9.26 Å². The molecule has 3 aromatic rings. The predicted octanol–water partition coefficient (Wildman–Crippen LogP) is 1.11. The maximum atomic E-state index is 12.8. The van der Waals surface area contributed by atoms with Crippen LogP contribution >= 0.6 is 0 Å². The molecule has 25 heavy (non-hydrogen) atoms. The van der Waals surface area contributed by atoms with Crippen LogP contribution in [0.3, 0.4) is 0 Å². The predicted molar refractivity (Wildman–Crippen MR) is 87.0 cm³/mol. The lowest BCUT2D eigenvalue weighted by Crippen LogP contribution is -2.27. The van der Waals surface area contributed by atoms with E-state index in [0.29, 0.717) is 36.0 Å². The number of hydrogen-bond acceptors (Lipinski definition) is 7. The first-order valence-corrected chi connectivity index (χ1v) is 7.69. The van der Waals surface area contributed by atoms with Gasteiger partial charge in [0.05, 0.1) is 24.4 Å². The zero-order chi connectivity index (χ0) is 17.6. The van der Waals surface area contributed by atoms with Gasteiger partial charge in [0.15, 0.2) is 5.82 Å². The van der Waals surface area contributed by atoms with Crippen LogP contribution in [0, 0.1) is 0 Å². The van der Waals surface area contributed by atoms with Gasteiger partial charge >= 0.3 is 0 Å². The number of carbonyl (C=O) groups excluding carboxylic acids is 1. The average molecular weight is 342 g/mol. The van der Waals surface area contributed by atoms with Gasteiger partial charge in [0, 0.05) is 20.6 Å². The van der Waals surface area contributed by atoms with E-state index < -0.39 is 0 Å². The van der Waals surface area contributed by atoms with Gasteiger partial charge in [0.2, 0.25) is 5.89 Å². The van der Waals surface area contributed by atoms with Gasteiger partial charge in [-0.2, -0.15) is 10.1 Å². The fraction of sp³-hybridized carbons (Fsp3) is 0.312. The van der Waals surface area contributed by atoms with Crippen molar-refractivity contribution in [1.82, 2.24) is 29.8 Å². The highest BCUT2D eigenvalue weighted by Gasteiger charge is 2.19. The molecular weight excluding hydrogens is 324 g/mol. The summed E-state index contributed by atoms with van der Waals surface area (Å²) in [6.07, 6.45) is 3.53. The van der Waals surface area contributed by atoms with Gasteiger partial charge in [-0.05, 0) is 12.1 Å². The zero-order valence-electron chi connectivity index (χ0n) is 14.0. The number of para-hydroxylation sites is 1. The van der Waals surface area contributed by atoms with Gasteiger partial charge in [-0.1, -0.05) is 17.3 Å². The second-order valence-electron chi connectivity index (χ2n) is 5.37. The van der Waals surface area contributed by atoms with Gasteiger partial charge in [-0.25, -0.2) is 9.67 Å². The van der Waals surface area contributed by atoms with Crippen molar-refractivity contribution in [3.63, 3.8) is 0 Å². The molecule has 0 aliphatic carbocycles. The Morgan fingerprint density at radius 1 is 1.36 bits per heavy atom. The van der Waals surface area contributed by atoms with E-state index in [0.717, 1.165) is 0 Å². The first-order chi connectivity index (χ1) is 12.2. The minimum absolute atomic E-state index is 0.178. The van der Waals surface area contributed by atoms with Gasteiger partial charge in [0.25, 0.3) is 5.91 Å². The first-order valence-electron chi connectivity index (χ1n) is 7.69. The Morgan fingerprint density at radius 3 is 2.96 bits per heavy atom. The highest BCUT2D eigenvalue weighted by Crippen LogP contribution is 2.16. The van der Waals surface area contributed by atoms with Crippen LogP contribution < -0.4 is 0 Å². The Kier molecular flexibility index (Phi) is 5.14. The fourth-order valence-electron chi connectivity index (χ4n) is 2.32. The van der Waals surface area contributed by atoms with Crippen LogP contribution in [0.25, 0.3) is 5.69 Å². The molecule has 0 aliphatic rings. The molecule has 0 unspecified atom stereocenters. The number of aromatic nitrogens is 5. The monoisotopic (exact) mass is 342 g/mol. The molecule has 0 fully saturated rings. The highest BCUT2D eigenvalue weighted by molar-refractivity contribution is 5.97. The third-order valence-corrected chi connectivity index (χ3v) is 3.56. The molecule has 0 saturated carbocycles. The Labute approximate surface area is 144 Å². The molecule has 0 spiro atoms. The molecule has 9 heteroatoms. The Hall–Kier alpha value is -3.07. The molecule has 1 aromatic carbocycles. The topological polar surface area (TPSA) is 99.2 Å². The Balaban J connectivity index is 1.74. The van der Waals surface area contributed by atoms with Gasteiger partial charge < -0.3 is 14.2 Å². The second kappa shape index (κ2) is 7.67. The first kappa shape index (κ1) is 16.8. The SMILES string of the molecule is COCCc1noc(CN(C)C(=O)c2ccccc2-n2cncn2)n1. The third kappa shape index (κ3) is 3.89. The quantitative estimate of drug-likeness (QED) is 0.634. The Morgan fingerprint density at radius 2 is 2.20 bits per heavy atom. The molecule has 9 nitrogen and oxygen atoms in total. The summed E-state index contributed by atoms with van der Waals surface area (Å²) in [4.78, 5) is 22.5. The molecule has 0 atom stereocenters. The van der Waals surface area contributed by atoms with Crippen LogP contribution in [0.1, 0.15) is 22.1 Å². The van der Waals surface area contributed by atoms with E-state index in [1.54, 1.807) is 37.3 Å². The van der Waals surface area contributed by atoms with E-state index in [2.05, 4.69) is 20.2 Å². The van der Waals surface area contributed by atoms with Crippen molar-refractivity contribution in [2.45, 2.75) is 13.0 Å². The summed E-state index contributed by atoms with van der Waals surface area (Å²) in [7, 11) is 3.29. The molecule has 1 amide bonds. The van der Waals surface area contributed by atoms with Crippen molar-refractivity contribution in [3.8, 4) is 5.69 Å². The average Bonchev–Trinajstić information content (AvgIpc) is 3.31. The van der Waals surface area contributed by atoms with Crippen LogP contribution in [-0.2, 0) is 17.7 Å². The maximum absolute atomic E-state index is 12.8. The molecular formula is C16H18N6O3. The van der Waals surface area contributed by atoms with E-state index in [9.17, 15) is 4.79 Å². The largest absolute Gasteiger partial charge is 0.384 e. The van der Waals surface area contributed by atoms with Crippen molar-refractivity contribution in [2.24, 2.45) is 0 Å². The molecule has 0 radical (unpaired) electrons. The standard InChI is InChI=1S/C16H18N6O3/c1-21(9-15-19-14(20-25-15)7-8-24-2)16(23)12-5-3-4-6-13(12)22-11-17-10-18-22/h3-6,10-11H,7-9H2,1-2H3. The van der Waals surface area contributed by atoms with Crippen LogP contribution in [0.15, 0.2) is 41.4 Å². The lowest BCUT2D eigenvalue weighted by atomic mass is 10.1. The van der Waals surface area contributed by atoms with Crippen molar-refractivity contribution in [3.05, 3.63) is 54.2 Å². The van der Waals surface area contributed by atoms with Crippen LogP contribution in [0.4, 0.5) is 0 Å². The van der Waals surface area contributed by atoms with Crippen LogP contribution in [0.2, 0.25) is 0 Å². The van der Waals surface area contributed by atoms with Crippen LogP contribution in [-0.4, -0.2) is 56.5 Å². The molecule has 130 valence electrons. The fourth-order valence-corrected chi connectivity index (χ4v) is 2.32. The number of rotatable bonds is 7. The Bertz CT molecular complexity index is 830. The minimum Gasteiger partial charge on any atom is -0.384 e. The smallest absolute Gasteiger partial charge is 0.256 e. The third-order valence-electron chi connectivity index (χ3n) is 3.56. The van der Waals surface area contributed by atoms with Crippen molar-refractivity contribution >= 4 is 5.91 Å². The van der Waals surface area contributed by atoms with Gasteiger partial charge in [-0.3, -0.25) is 4.79 Å². The van der Waals surface area contributed by atoms with Crippen LogP contribution in [0.5, 0.6) is 0 Å². The number of hydrogen-bond donors (Lipinski definition) is 0. The number of amides is 1. The van der Waals surface area contributed by atoms with E-state index >= 15 is 0 Å². The summed E-state index contributed by atoms with van der Waals surface area (Å²) in [6.45, 7) is 0.726. The zero-order valence-corrected chi connectivity index (χ0v) is 14.0. The normalized spacial score (nSPS) is 10.8. The lowest BCUT2D eigenvalue weighted by Gasteiger charge is -2.17. The van der Waals surface area contributed by atoms with Crippen molar-refractivity contribution in [2.75, 3.05) is 20.8 Å². The molecule has 2 aromatic heterocycles. The van der Waals surface area contributed by atoms with E-state index in [1.165, 1.54) is 11.2 Å². The second-order valence-corrected chi connectivity index (χ2v) is 5.37. The van der Waals surface area contributed by atoms with E-state index in [-0.39, 0.29) is 12.5 Å². The number of benzene rings is 1. The molecule has 0 bridgehead atoms. The molecule has 0 N–H and O–H groups in total. The summed E-state index contributed by atoms with van der Waals surface area (Å²) in [5.74, 6) is 0.753. The van der Waals surface area contributed by atoms with Crippen molar-refractivity contribution < 1.29 is 14.1 Å². The van der Waals surface area contributed by atoms with E-state index in [1.807, 2.05) is 12.1 Å². The van der Waals surface area contributed by atoms with Gasteiger partial charge in [-0.15, -0.1) is 0 Å². The number of ether oxygens (including phenoxy) is 1. The maximum Gasteiger partial charge on any atom is 0.256 e. The summed E-state index contributed by atoms with van der Waals surface area (Å²) in [5, 5.41) is 7.96.